The molecule has 1 atom stereocenters. The van der Waals surface area contributed by atoms with E-state index in [1.807, 2.05) is 0 Å². The predicted molar refractivity (Wildman–Crippen MR) is 65.9 cm³/mol. The van der Waals surface area contributed by atoms with E-state index in [1.165, 1.54) is 12.1 Å². The van der Waals surface area contributed by atoms with Crippen molar-refractivity contribution < 1.29 is 13.2 Å². The van der Waals surface area contributed by atoms with Crippen LogP contribution in [-0.4, -0.2) is 6.04 Å². The molecule has 4 heteroatoms. The fraction of sp³-hybridized carbons (Fsp3) is 0.429. The van der Waals surface area contributed by atoms with Gasteiger partial charge in [0.2, 0.25) is 0 Å². The van der Waals surface area contributed by atoms with Crippen LogP contribution in [0.25, 0.3) is 5.57 Å². The van der Waals surface area contributed by atoms with Crippen LogP contribution in [0.5, 0.6) is 0 Å². The van der Waals surface area contributed by atoms with Gasteiger partial charge in [-0.05, 0) is 36.5 Å². The number of hydrogen-bond donors (Lipinski definition) is 1. The molecule has 1 aliphatic rings. The molecule has 1 aromatic rings. The Labute approximate surface area is 104 Å². The van der Waals surface area contributed by atoms with Crippen molar-refractivity contribution in [2.45, 2.75) is 37.9 Å². The van der Waals surface area contributed by atoms with Crippen molar-refractivity contribution in [2.75, 3.05) is 0 Å². The van der Waals surface area contributed by atoms with Crippen LogP contribution >= 0.6 is 0 Å². The third kappa shape index (κ3) is 2.93. The summed E-state index contributed by atoms with van der Waals surface area (Å²) in [7, 11) is 0. The average molecular weight is 255 g/mol. The summed E-state index contributed by atoms with van der Waals surface area (Å²) in [5.74, 6) is 0. The van der Waals surface area contributed by atoms with Gasteiger partial charge in [0.25, 0.3) is 0 Å². The van der Waals surface area contributed by atoms with Crippen molar-refractivity contribution in [1.82, 2.24) is 0 Å². The normalized spacial score (nSPS) is 21.3. The summed E-state index contributed by atoms with van der Waals surface area (Å²) in [4.78, 5) is 0. The lowest BCUT2D eigenvalue weighted by Gasteiger charge is -2.15. The minimum absolute atomic E-state index is 0.135. The number of benzene rings is 1. The number of alkyl halides is 3. The molecular formula is C14H16F3N. The van der Waals surface area contributed by atoms with Crippen molar-refractivity contribution in [1.29, 1.82) is 0 Å². The third-order valence-electron chi connectivity index (χ3n) is 3.23. The molecule has 0 saturated heterocycles. The fourth-order valence-electron chi connectivity index (χ4n) is 2.36. The molecule has 0 aliphatic heterocycles. The predicted octanol–water partition coefficient (Wildman–Crippen LogP) is 3.99. The summed E-state index contributed by atoms with van der Waals surface area (Å²) in [6.45, 7) is 0. The van der Waals surface area contributed by atoms with E-state index < -0.39 is 11.7 Å². The van der Waals surface area contributed by atoms with Gasteiger partial charge in [0.1, 0.15) is 0 Å². The molecule has 0 spiro atoms. The summed E-state index contributed by atoms with van der Waals surface area (Å²) in [6, 6.07) is 5.59. The summed E-state index contributed by atoms with van der Waals surface area (Å²) in [5.41, 5.74) is 6.31. The number of allylic oxidation sites excluding steroid dienone is 1. The first-order valence-electron chi connectivity index (χ1n) is 6.11. The highest BCUT2D eigenvalue weighted by Crippen LogP contribution is 2.37. The van der Waals surface area contributed by atoms with Gasteiger partial charge in [-0.2, -0.15) is 13.2 Å². The summed E-state index contributed by atoms with van der Waals surface area (Å²) < 4.78 is 38.8. The molecule has 2 N–H and O–H groups in total. The molecule has 1 aliphatic carbocycles. The number of hydrogen-bond acceptors (Lipinski definition) is 1. The zero-order chi connectivity index (χ0) is 13.2. The second kappa shape index (κ2) is 5.14. The average Bonchev–Trinajstić information content (AvgIpc) is 2.53. The quantitative estimate of drug-likeness (QED) is 0.806. The van der Waals surface area contributed by atoms with Crippen LogP contribution in [0.15, 0.2) is 30.3 Å². The molecule has 0 fully saturated rings. The van der Waals surface area contributed by atoms with E-state index in [1.54, 1.807) is 12.1 Å². The monoisotopic (exact) mass is 255 g/mol. The lowest BCUT2D eigenvalue weighted by atomic mass is 9.95. The number of rotatable bonds is 1. The zero-order valence-corrected chi connectivity index (χ0v) is 10.0. The topological polar surface area (TPSA) is 26.0 Å². The highest BCUT2D eigenvalue weighted by molar-refractivity contribution is 5.69. The van der Waals surface area contributed by atoms with Crippen LogP contribution in [0.3, 0.4) is 0 Å². The summed E-state index contributed by atoms with van der Waals surface area (Å²) in [6.07, 6.45) is 0.852. The summed E-state index contributed by atoms with van der Waals surface area (Å²) >= 11 is 0. The van der Waals surface area contributed by atoms with Gasteiger partial charge in [-0.25, -0.2) is 0 Å². The standard InChI is InChI=1S/C14H16F3N/c15-14(16,17)13-8-4-3-7-12(13)10-5-1-2-6-11(18)9-10/h3-4,7-9,11H,1-2,5-6,18H2. The Morgan fingerprint density at radius 3 is 2.56 bits per heavy atom. The van der Waals surface area contributed by atoms with Gasteiger partial charge in [0.15, 0.2) is 0 Å². The highest BCUT2D eigenvalue weighted by Gasteiger charge is 2.33. The molecule has 0 bridgehead atoms. The minimum atomic E-state index is -4.31. The van der Waals surface area contributed by atoms with Crippen molar-refractivity contribution in [3.63, 3.8) is 0 Å². The molecule has 0 amide bonds. The Morgan fingerprint density at radius 1 is 1.11 bits per heavy atom. The van der Waals surface area contributed by atoms with Crippen LogP contribution in [-0.2, 0) is 6.18 Å². The maximum absolute atomic E-state index is 12.9. The van der Waals surface area contributed by atoms with Crippen LogP contribution in [0.4, 0.5) is 13.2 Å². The largest absolute Gasteiger partial charge is 0.416 e. The van der Waals surface area contributed by atoms with Crippen LogP contribution < -0.4 is 5.73 Å². The molecule has 1 aromatic carbocycles. The van der Waals surface area contributed by atoms with Gasteiger partial charge in [0.05, 0.1) is 5.56 Å². The van der Waals surface area contributed by atoms with E-state index in [0.29, 0.717) is 6.42 Å². The van der Waals surface area contributed by atoms with Gasteiger partial charge in [-0.1, -0.05) is 30.7 Å². The maximum Gasteiger partial charge on any atom is 0.416 e. The first-order chi connectivity index (χ1) is 8.48. The molecule has 0 heterocycles. The molecule has 98 valence electrons. The van der Waals surface area contributed by atoms with Crippen molar-refractivity contribution in [2.24, 2.45) is 5.73 Å². The molecule has 0 radical (unpaired) electrons. The first-order valence-corrected chi connectivity index (χ1v) is 6.11. The highest BCUT2D eigenvalue weighted by atomic mass is 19.4. The molecule has 2 rings (SSSR count). The third-order valence-corrected chi connectivity index (χ3v) is 3.23. The smallest absolute Gasteiger partial charge is 0.324 e. The Hall–Kier alpha value is -1.29. The molecule has 0 saturated carbocycles. The fourth-order valence-corrected chi connectivity index (χ4v) is 2.36. The van der Waals surface area contributed by atoms with E-state index in [9.17, 15) is 13.2 Å². The molecule has 0 aromatic heterocycles. The Kier molecular flexibility index (Phi) is 3.76. The van der Waals surface area contributed by atoms with Gasteiger partial charge >= 0.3 is 6.18 Å². The molecule has 18 heavy (non-hydrogen) atoms. The SMILES string of the molecule is NC1C=C(c2ccccc2C(F)(F)F)CCCC1. The van der Waals surface area contributed by atoms with E-state index in [-0.39, 0.29) is 11.6 Å². The molecular weight excluding hydrogens is 239 g/mol. The van der Waals surface area contributed by atoms with E-state index >= 15 is 0 Å². The molecule has 1 unspecified atom stereocenters. The zero-order valence-electron chi connectivity index (χ0n) is 10.0. The van der Waals surface area contributed by atoms with Gasteiger partial charge in [0, 0.05) is 6.04 Å². The van der Waals surface area contributed by atoms with Crippen LogP contribution in [0, 0.1) is 0 Å². The van der Waals surface area contributed by atoms with Crippen LogP contribution in [0.2, 0.25) is 0 Å². The van der Waals surface area contributed by atoms with Gasteiger partial charge in [-0.15, -0.1) is 0 Å². The van der Waals surface area contributed by atoms with Gasteiger partial charge < -0.3 is 5.73 Å². The Balaban J connectivity index is 2.44. The van der Waals surface area contributed by atoms with E-state index in [4.69, 9.17) is 5.73 Å². The van der Waals surface area contributed by atoms with Gasteiger partial charge in [-0.3, -0.25) is 0 Å². The second-order valence-corrected chi connectivity index (χ2v) is 4.64. The molecule has 1 nitrogen and oxygen atoms in total. The number of halogens is 3. The first kappa shape index (κ1) is 13.1. The van der Waals surface area contributed by atoms with Crippen molar-refractivity contribution in [3.05, 3.63) is 41.5 Å². The van der Waals surface area contributed by atoms with E-state index in [0.717, 1.165) is 30.9 Å². The second-order valence-electron chi connectivity index (χ2n) is 4.64. The Morgan fingerprint density at radius 2 is 1.83 bits per heavy atom. The number of nitrogens with two attached hydrogens (primary N) is 1. The van der Waals surface area contributed by atoms with Crippen molar-refractivity contribution in [3.8, 4) is 0 Å². The van der Waals surface area contributed by atoms with Crippen LogP contribution in [0.1, 0.15) is 36.8 Å². The lowest BCUT2D eigenvalue weighted by molar-refractivity contribution is -0.137. The Bertz CT molecular complexity index is 449. The minimum Gasteiger partial charge on any atom is -0.324 e. The van der Waals surface area contributed by atoms with Crippen molar-refractivity contribution >= 4 is 5.57 Å². The van der Waals surface area contributed by atoms with E-state index in [2.05, 4.69) is 0 Å². The maximum atomic E-state index is 12.9. The lowest BCUT2D eigenvalue weighted by Crippen LogP contribution is -2.16. The summed E-state index contributed by atoms with van der Waals surface area (Å²) in [5, 5.41) is 0.